The minimum Gasteiger partial charge on any atom is -0.396 e. The van der Waals surface area contributed by atoms with Crippen LogP contribution in [0.3, 0.4) is 0 Å². The lowest BCUT2D eigenvalue weighted by Crippen LogP contribution is -2.45. The Hall–Kier alpha value is -1.02. The van der Waals surface area contributed by atoms with Gasteiger partial charge in [0, 0.05) is 26.2 Å². The van der Waals surface area contributed by atoms with E-state index in [4.69, 9.17) is 5.11 Å². The van der Waals surface area contributed by atoms with E-state index in [0.29, 0.717) is 31.5 Å². The Morgan fingerprint density at radius 2 is 1.85 bits per heavy atom. The molecule has 5 nitrogen and oxygen atoms in total. The van der Waals surface area contributed by atoms with Crippen molar-refractivity contribution in [3.63, 3.8) is 0 Å². The third-order valence-corrected chi connectivity index (χ3v) is 5.10. The lowest BCUT2D eigenvalue weighted by molar-refractivity contribution is 0.169. The van der Waals surface area contributed by atoms with Crippen LogP contribution in [0.2, 0.25) is 0 Å². The van der Waals surface area contributed by atoms with Gasteiger partial charge in [-0.15, -0.1) is 0 Å². The van der Waals surface area contributed by atoms with Crippen molar-refractivity contribution in [2.45, 2.75) is 19.4 Å². The van der Waals surface area contributed by atoms with E-state index in [0.717, 1.165) is 0 Å². The molecule has 0 radical (unpaired) electrons. The molecule has 1 saturated heterocycles. The Morgan fingerprint density at radius 1 is 1.25 bits per heavy atom. The first-order valence-electron chi connectivity index (χ1n) is 6.61. The van der Waals surface area contributed by atoms with Crippen molar-refractivity contribution in [2.24, 2.45) is 5.92 Å². The van der Waals surface area contributed by atoms with E-state index in [1.807, 2.05) is 0 Å². The molecule has 1 aliphatic rings. The maximum absolute atomic E-state index is 12.8. The van der Waals surface area contributed by atoms with Crippen LogP contribution >= 0.6 is 0 Å². The molecule has 0 amide bonds. The maximum atomic E-state index is 12.8. The largest absolute Gasteiger partial charge is 0.396 e. The number of aliphatic hydroxyl groups excluding tert-OH is 1. The summed E-state index contributed by atoms with van der Waals surface area (Å²) >= 11 is 0. The van der Waals surface area contributed by atoms with Gasteiger partial charge in [0.2, 0.25) is 0 Å². The zero-order valence-corrected chi connectivity index (χ0v) is 11.9. The molecule has 2 N–H and O–H groups in total. The number of nitrogens with zero attached hydrogens (tertiary/aromatic N) is 1. The first kappa shape index (κ1) is 15.4. The minimum atomic E-state index is -3.52. The van der Waals surface area contributed by atoms with Crippen LogP contribution < -0.4 is 4.72 Å². The number of halogens is 1. The summed E-state index contributed by atoms with van der Waals surface area (Å²) in [5, 5.41) is 9.04. The highest BCUT2D eigenvalue weighted by molar-refractivity contribution is 7.87. The first-order valence-corrected chi connectivity index (χ1v) is 8.05. The highest BCUT2D eigenvalue weighted by atomic mass is 32.2. The Labute approximate surface area is 118 Å². The summed E-state index contributed by atoms with van der Waals surface area (Å²) in [7, 11) is -3.52. The van der Waals surface area contributed by atoms with Crippen LogP contribution in [0.1, 0.15) is 18.4 Å². The first-order chi connectivity index (χ1) is 9.51. The Bertz CT molecular complexity index is 525. The fraction of sp³-hybridized carbons (Fsp3) is 0.538. The van der Waals surface area contributed by atoms with E-state index in [9.17, 15) is 12.8 Å². The fourth-order valence-electron chi connectivity index (χ4n) is 2.20. The molecule has 0 spiro atoms. The molecule has 20 heavy (non-hydrogen) atoms. The summed E-state index contributed by atoms with van der Waals surface area (Å²) in [6.07, 6.45) is 1.35. The van der Waals surface area contributed by atoms with Gasteiger partial charge >= 0.3 is 0 Å². The van der Waals surface area contributed by atoms with Gasteiger partial charge in [0.05, 0.1) is 0 Å². The van der Waals surface area contributed by atoms with Gasteiger partial charge in [0.15, 0.2) is 0 Å². The van der Waals surface area contributed by atoms with Gasteiger partial charge in [0.1, 0.15) is 5.82 Å². The molecule has 7 heteroatoms. The van der Waals surface area contributed by atoms with E-state index in [2.05, 4.69) is 4.72 Å². The van der Waals surface area contributed by atoms with Crippen molar-refractivity contribution < 1.29 is 17.9 Å². The number of nitrogens with one attached hydrogen (secondary N) is 1. The molecule has 1 aromatic rings. The lowest BCUT2D eigenvalue weighted by Gasteiger charge is -2.30. The van der Waals surface area contributed by atoms with Crippen molar-refractivity contribution in [3.8, 4) is 0 Å². The van der Waals surface area contributed by atoms with Crippen molar-refractivity contribution in [3.05, 3.63) is 35.6 Å². The van der Waals surface area contributed by atoms with Gasteiger partial charge in [-0.1, -0.05) is 12.1 Å². The second-order valence-corrected chi connectivity index (χ2v) is 6.73. The van der Waals surface area contributed by atoms with Crippen LogP contribution in [-0.2, 0) is 16.8 Å². The fourth-order valence-corrected chi connectivity index (χ4v) is 3.42. The predicted molar refractivity (Wildman–Crippen MR) is 73.5 cm³/mol. The summed E-state index contributed by atoms with van der Waals surface area (Å²) in [5.41, 5.74) is 0.709. The molecule has 0 bridgehead atoms. The van der Waals surface area contributed by atoms with Gasteiger partial charge in [-0.2, -0.15) is 17.4 Å². The average molecular weight is 302 g/mol. The monoisotopic (exact) mass is 302 g/mol. The quantitative estimate of drug-likeness (QED) is 0.848. The molecule has 1 heterocycles. The van der Waals surface area contributed by atoms with Gasteiger partial charge in [-0.3, -0.25) is 0 Å². The van der Waals surface area contributed by atoms with Crippen molar-refractivity contribution in [1.82, 2.24) is 9.03 Å². The average Bonchev–Trinajstić information content (AvgIpc) is 2.47. The van der Waals surface area contributed by atoms with E-state index >= 15 is 0 Å². The zero-order chi connectivity index (χ0) is 14.6. The molecule has 2 rings (SSSR count). The van der Waals surface area contributed by atoms with Crippen LogP contribution in [0.25, 0.3) is 0 Å². The molecule has 0 atom stereocenters. The molecule has 1 aliphatic heterocycles. The molecular formula is C13H19FN2O3S. The normalized spacial score (nSPS) is 18.3. The summed E-state index contributed by atoms with van der Waals surface area (Å²) in [4.78, 5) is 0. The molecule has 0 aliphatic carbocycles. The van der Waals surface area contributed by atoms with E-state index in [1.54, 1.807) is 12.1 Å². The number of benzene rings is 1. The van der Waals surface area contributed by atoms with Gasteiger partial charge in [-0.25, -0.2) is 4.39 Å². The maximum Gasteiger partial charge on any atom is 0.279 e. The van der Waals surface area contributed by atoms with Gasteiger partial charge in [-0.05, 0) is 36.5 Å². The molecule has 1 aromatic carbocycles. The molecular weight excluding hydrogens is 283 g/mol. The number of hydrogen-bond acceptors (Lipinski definition) is 3. The van der Waals surface area contributed by atoms with E-state index < -0.39 is 10.2 Å². The summed E-state index contributed by atoms with van der Waals surface area (Å²) in [6.45, 7) is 1.09. The number of hydrogen-bond donors (Lipinski definition) is 2. The van der Waals surface area contributed by atoms with Crippen molar-refractivity contribution in [1.29, 1.82) is 0 Å². The number of rotatable bonds is 5. The van der Waals surface area contributed by atoms with Crippen molar-refractivity contribution >= 4 is 10.2 Å². The van der Waals surface area contributed by atoms with Crippen LogP contribution in [-0.4, -0.2) is 37.5 Å². The second-order valence-electron chi connectivity index (χ2n) is 4.98. The highest BCUT2D eigenvalue weighted by Crippen LogP contribution is 2.18. The number of aliphatic hydroxyl groups is 1. The van der Waals surface area contributed by atoms with Crippen molar-refractivity contribution in [2.75, 3.05) is 19.7 Å². The Balaban J connectivity index is 1.89. The molecule has 1 fully saturated rings. The lowest BCUT2D eigenvalue weighted by atomic mass is 10.00. The van der Waals surface area contributed by atoms with Crippen LogP contribution in [0.15, 0.2) is 24.3 Å². The predicted octanol–water partition coefficient (Wildman–Crippen LogP) is 0.864. The van der Waals surface area contributed by atoms with Crippen LogP contribution in [0.5, 0.6) is 0 Å². The van der Waals surface area contributed by atoms with Gasteiger partial charge in [0.25, 0.3) is 10.2 Å². The molecule has 0 saturated carbocycles. The Kier molecular flexibility index (Phi) is 5.09. The number of piperidine rings is 1. The summed E-state index contributed by atoms with van der Waals surface area (Å²) in [6, 6.07) is 5.71. The Morgan fingerprint density at radius 3 is 2.40 bits per heavy atom. The summed E-state index contributed by atoms with van der Waals surface area (Å²) < 4.78 is 40.9. The topological polar surface area (TPSA) is 69.6 Å². The van der Waals surface area contributed by atoms with Crippen LogP contribution in [0, 0.1) is 11.7 Å². The standard InChI is InChI=1S/C13H19FN2O3S/c14-13-3-1-11(2-4-13)9-15-20(18,19)16-7-5-12(10-17)6-8-16/h1-4,12,15,17H,5-10H2. The minimum absolute atomic E-state index is 0.108. The highest BCUT2D eigenvalue weighted by Gasteiger charge is 2.27. The third kappa shape index (κ3) is 3.99. The second kappa shape index (κ2) is 6.62. The smallest absolute Gasteiger partial charge is 0.279 e. The molecule has 0 unspecified atom stereocenters. The van der Waals surface area contributed by atoms with Crippen LogP contribution in [0.4, 0.5) is 4.39 Å². The molecule has 0 aromatic heterocycles. The summed E-state index contributed by atoms with van der Waals surface area (Å²) in [5.74, 6) is -0.152. The third-order valence-electron chi connectivity index (χ3n) is 3.54. The van der Waals surface area contributed by atoms with E-state index in [-0.39, 0.29) is 24.9 Å². The van der Waals surface area contributed by atoms with Gasteiger partial charge < -0.3 is 5.11 Å². The SMILES string of the molecule is O=S(=O)(NCc1ccc(F)cc1)N1CCC(CO)CC1. The zero-order valence-electron chi connectivity index (χ0n) is 11.1. The van der Waals surface area contributed by atoms with E-state index in [1.165, 1.54) is 16.4 Å². The molecule has 112 valence electrons.